The predicted octanol–water partition coefficient (Wildman–Crippen LogP) is 0.479. The number of pyridine rings is 1. The van der Waals surface area contributed by atoms with E-state index in [-0.39, 0.29) is 36.1 Å². The van der Waals surface area contributed by atoms with Gasteiger partial charge < -0.3 is 15.2 Å². The molecule has 1 saturated heterocycles. The smallest absolute Gasteiger partial charge is 0.261 e. The van der Waals surface area contributed by atoms with Crippen LogP contribution in [0.1, 0.15) is 17.3 Å². The van der Waals surface area contributed by atoms with Crippen LogP contribution in [0.3, 0.4) is 0 Å². The van der Waals surface area contributed by atoms with E-state index >= 15 is 0 Å². The molecule has 3 rings (SSSR count). The Kier molecular flexibility index (Phi) is 5.47. The largest absolute Gasteiger partial charge is 0.340 e. The Bertz CT molecular complexity index is 997. The number of aromatic amines is 1. The summed E-state index contributed by atoms with van der Waals surface area (Å²) in [5, 5.41) is 4.39. The van der Waals surface area contributed by atoms with Crippen LogP contribution < -0.4 is 10.9 Å². The van der Waals surface area contributed by atoms with E-state index in [9.17, 15) is 22.8 Å². The Morgan fingerprint density at radius 1 is 1.22 bits per heavy atom. The highest BCUT2D eigenvalue weighted by atomic mass is 32.2. The van der Waals surface area contributed by atoms with Crippen LogP contribution in [0.15, 0.2) is 34.4 Å². The first-order valence-electron chi connectivity index (χ1n) is 8.34. The van der Waals surface area contributed by atoms with Crippen molar-refractivity contribution in [2.75, 3.05) is 24.6 Å². The van der Waals surface area contributed by atoms with Crippen LogP contribution >= 0.6 is 11.3 Å². The Balaban J connectivity index is 1.66. The lowest BCUT2D eigenvalue weighted by Gasteiger charge is -2.29. The summed E-state index contributed by atoms with van der Waals surface area (Å²) in [6.45, 7) is 1.73. The van der Waals surface area contributed by atoms with Gasteiger partial charge in [-0.25, -0.2) is 8.42 Å². The molecule has 2 aromatic heterocycles. The summed E-state index contributed by atoms with van der Waals surface area (Å²) in [5.41, 5.74) is -0.0107. The monoisotopic (exact) mass is 409 g/mol. The van der Waals surface area contributed by atoms with E-state index in [0.717, 1.165) is 4.88 Å². The summed E-state index contributed by atoms with van der Waals surface area (Å²) in [6, 6.07) is 5.92. The second kappa shape index (κ2) is 7.65. The van der Waals surface area contributed by atoms with Gasteiger partial charge in [0.2, 0.25) is 5.91 Å². The van der Waals surface area contributed by atoms with E-state index in [1.54, 1.807) is 6.07 Å². The second-order valence-electron chi connectivity index (χ2n) is 6.26. The summed E-state index contributed by atoms with van der Waals surface area (Å²) in [5.74, 6) is -1.18. The number of nitrogens with zero attached hydrogens (tertiary/aromatic N) is 1. The van der Waals surface area contributed by atoms with Gasteiger partial charge in [0.05, 0.1) is 22.1 Å². The molecule has 0 saturated carbocycles. The van der Waals surface area contributed by atoms with E-state index in [4.69, 9.17) is 0 Å². The number of H-pyrrole nitrogens is 1. The quantitative estimate of drug-likeness (QED) is 0.762. The van der Waals surface area contributed by atoms with Gasteiger partial charge in [-0.2, -0.15) is 0 Å². The number of sulfone groups is 1. The number of carbonyl (C=O) groups is 2. The van der Waals surface area contributed by atoms with Crippen molar-refractivity contribution in [1.82, 2.24) is 15.2 Å². The molecule has 8 nitrogen and oxygen atoms in total. The highest BCUT2D eigenvalue weighted by Crippen LogP contribution is 2.21. The van der Waals surface area contributed by atoms with Crippen molar-refractivity contribution in [2.45, 2.75) is 13.0 Å². The van der Waals surface area contributed by atoms with E-state index in [1.807, 2.05) is 17.5 Å². The maximum absolute atomic E-state index is 12.4. The average molecular weight is 409 g/mol. The van der Waals surface area contributed by atoms with Gasteiger partial charge in [0.25, 0.3) is 11.5 Å². The normalized spacial score (nSPS) is 17.3. The minimum Gasteiger partial charge on any atom is -0.340 e. The topological polar surface area (TPSA) is 116 Å². The van der Waals surface area contributed by atoms with Crippen LogP contribution in [0.4, 0.5) is 0 Å². The van der Waals surface area contributed by atoms with E-state index in [2.05, 4.69) is 10.3 Å². The molecule has 0 bridgehead atoms. The van der Waals surface area contributed by atoms with E-state index in [1.165, 1.54) is 29.2 Å². The lowest BCUT2D eigenvalue weighted by Crippen LogP contribution is -2.52. The minimum absolute atomic E-state index is 0.0801. The van der Waals surface area contributed by atoms with Gasteiger partial charge in [0.1, 0.15) is 11.6 Å². The molecule has 0 spiro atoms. The number of amides is 2. The summed E-state index contributed by atoms with van der Waals surface area (Å²) in [6.07, 6.45) is 0. The van der Waals surface area contributed by atoms with Gasteiger partial charge in [0.15, 0.2) is 9.84 Å². The molecule has 1 unspecified atom stereocenters. The standard InChI is InChI=1S/C17H19N3O5S2/c1-11(17(23)20-6-9-27(24,25)10-7-20)18-15(21)12-4-5-13(19-16(12)22)14-3-2-8-26-14/h2-5,8,11H,6-7,9-10H2,1H3,(H,18,21)(H,19,22). The molecular formula is C17H19N3O5S2. The Hall–Kier alpha value is -2.46. The van der Waals surface area contributed by atoms with E-state index in [0.29, 0.717) is 5.69 Å². The number of hydrogen-bond acceptors (Lipinski definition) is 6. The van der Waals surface area contributed by atoms with Crippen molar-refractivity contribution >= 4 is 33.0 Å². The fourth-order valence-corrected chi connectivity index (χ4v) is 4.68. The van der Waals surface area contributed by atoms with Crippen LogP contribution in [-0.2, 0) is 14.6 Å². The molecule has 27 heavy (non-hydrogen) atoms. The molecule has 10 heteroatoms. The van der Waals surface area contributed by atoms with Crippen molar-refractivity contribution in [3.05, 3.63) is 45.6 Å². The summed E-state index contributed by atoms with van der Waals surface area (Å²) >= 11 is 1.47. The fourth-order valence-electron chi connectivity index (χ4n) is 2.77. The van der Waals surface area contributed by atoms with E-state index < -0.39 is 27.3 Å². The van der Waals surface area contributed by atoms with Crippen molar-refractivity contribution in [3.8, 4) is 10.6 Å². The van der Waals surface area contributed by atoms with Crippen molar-refractivity contribution in [3.63, 3.8) is 0 Å². The van der Waals surface area contributed by atoms with Crippen molar-refractivity contribution in [2.24, 2.45) is 0 Å². The molecule has 0 aromatic carbocycles. The first-order valence-corrected chi connectivity index (χ1v) is 11.0. The molecule has 2 aromatic rings. The third-order valence-corrected chi connectivity index (χ3v) is 6.83. The van der Waals surface area contributed by atoms with Gasteiger partial charge >= 0.3 is 0 Å². The molecular weight excluding hydrogens is 390 g/mol. The first kappa shape index (κ1) is 19.3. The van der Waals surface area contributed by atoms with Crippen LogP contribution in [0, 0.1) is 0 Å². The van der Waals surface area contributed by atoms with Gasteiger partial charge in [-0.1, -0.05) is 6.07 Å². The number of thiophene rings is 1. The van der Waals surface area contributed by atoms with Crippen molar-refractivity contribution < 1.29 is 18.0 Å². The van der Waals surface area contributed by atoms with Crippen LogP contribution in [0.5, 0.6) is 0 Å². The number of hydrogen-bond donors (Lipinski definition) is 2. The number of nitrogens with one attached hydrogen (secondary N) is 2. The third-order valence-electron chi connectivity index (χ3n) is 4.31. The maximum Gasteiger partial charge on any atom is 0.261 e. The van der Waals surface area contributed by atoms with Crippen LogP contribution in [-0.4, -0.2) is 60.8 Å². The summed E-state index contributed by atoms with van der Waals surface area (Å²) in [7, 11) is -3.10. The molecule has 2 N–H and O–H groups in total. The zero-order valence-electron chi connectivity index (χ0n) is 14.6. The van der Waals surface area contributed by atoms with Gasteiger partial charge in [-0.15, -0.1) is 11.3 Å². The molecule has 2 amide bonds. The zero-order valence-corrected chi connectivity index (χ0v) is 16.2. The Morgan fingerprint density at radius 2 is 1.93 bits per heavy atom. The minimum atomic E-state index is -3.10. The fraction of sp³-hybridized carbons (Fsp3) is 0.353. The average Bonchev–Trinajstić information content (AvgIpc) is 3.15. The first-order chi connectivity index (χ1) is 12.8. The SMILES string of the molecule is CC(NC(=O)c1ccc(-c2cccs2)[nH]c1=O)C(=O)N1CCS(=O)(=O)CC1. The molecule has 0 radical (unpaired) electrons. The Morgan fingerprint density at radius 3 is 2.52 bits per heavy atom. The molecule has 1 aliphatic rings. The summed E-state index contributed by atoms with van der Waals surface area (Å²) in [4.78, 5) is 42.0. The Labute approximate surface area is 160 Å². The number of rotatable bonds is 4. The molecule has 0 aliphatic carbocycles. The van der Waals surface area contributed by atoms with Gasteiger partial charge in [0, 0.05) is 13.1 Å². The molecule has 1 fully saturated rings. The summed E-state index contributed by atoms with van der Waals surface area (Å²) < 4.78 is 22.9. The van der Waals surface area contributed by atoms with Crippen LogP contribution in [0.25, 0.3) is 10.6 Å². The van der Waals surface area contributed by atoms with Crippen molar-refractivity contribution in [1.29, 1.82) is 0 Å². The molecule has 1 atom stereocenters. The molecule has 1 aliphatic heterocycles. The molecule has 3 heterocycles. The van der Waals surface area contributed by atoms with Gasteiger partial charge in [-0.3, -0.25) is 14.4 Å². The van der Waals surface area contributed by atoms with Crippen LogP contribution in [0.2, 0.25) is 0 Å². The number of aromatic nitrogens is 1. The lowest BCUT2D eigenvalue weighted by molar-refractivity contribution is -0.132. The highest BCUT2D eigenvalue weighted by Gasteiger charge is 2.29. The molecule has 144 valence electrons. The maximum atomic E-state index is 12.4. The predicted molar refractivity (Wildman–Crippen MR) is 103 cm³/mol. The van der Waals surface area contributed by atoms with Gasteiger partial charge in [-0.05, 0) is 30.5 Å². The number of carbonyl (C=O) groups excluding carboxylic acids is 2. The second-order valence-corrected chi connectivity index (χ2v) is 9.52. The lowest BCUT2D eigenvalue weighted by atomic mass is 10.2. The zero-order chi connectivity index (χ0) is 19.6. The third kappa shape index (κ3) is 4.45. The highest BCUT2D eigenvalue weighted by molar-refractivity contribution is 7.91.